The minimum Gasteiger partial charge on any atom is -0.481 e. The van der Waals surface area contributed by atoms with Crippen LogP contribution in [-0.2, 0) is 27.9 Å². The summed E-state index contributed by atoms with van der Waals surface area (Å²) in [6, 6.07) is 0. The Labute approximate surface area is 121 Å². The van der Waals surface area contributed by atoms with Gasteiger partial charge in [0.15, 0.2) is 5.16 Å². The molecule has 1 aromatic rings. The van der Waals surface area contributed by atoms with Gasteiger partial charge in [-0.3, -0.25) is 9.59 Å². The van der Waals surface area contributed by atoms with Gasteiger partial charge in [-0.25, -0.2) is 0 Å². The number of aromatic nitrogens is 3. The van der Waals surface area contributed by atoms with E-state index in [1.165, 1.54) is 18.9 Å². The Morgan fingerprint density at radius 2 is 2.05 bits per heavy atom. The molecule has 114 valence electrons. The molecule has 20 heavy (non-hydrogen) atoms. The van der Waals surface area contributed by atoms with Crippen LogP contribution in [0.5, 0.6) is 0 Å². The number of ether oxygens (including phenoxy) is 1. The summed E-state index contributed by atoms with van der Waals surface area (Å²) in [4.78, 5) is 20.4. The lowest BCUT2D eigenvalue weighted by molar-refractivity contribution is -0.140. The zero-order valence-electron chi connectivity index (χ0n) is 12.0. The predicted octanol–water partition coefficient (Wildman–Crippen LogP) is 0.408. The summed E-state index contributed by atoms with van der Waals surface area (Å²) in [5.74, 6) is -0.382. The van der Waals surface area contributed by atoms with E-state index in [-0.39, 0.29) is 11.2 Å². The fourth-order valence-electron chi connectivity index (χ4n) is 1.18. The molecule has 0 aliphatic heterocycles. The second-order valence-electron chi connectivity index (χ2n) is 3.72. The number of methoxy groups -OCH3 is 1. The Hall–Kier alpha value is -1.61. The highest BCUT2D eigenvalue weighted by atomic mass is 32.2. The maximum absolute atomic E-state index is 11.4. The molecule has 0 fully saturated rings. The van der Waals surface area contributed by atoms with Gasteiger partial charge >= 0.3 is 5.97 Å². The van der Waals surface area contributed by atoms with Crippen LogP contribution in [0.25, 0.3) is 0 Å². The molecule has 0 amide bonds. The van der Waals surface area contributed by atoms with Crippen LogP contribution in [0.3, 0.4) is 0 Å². The van der Waals surface area contributed by atoms with E-state index in [1.54, 1.807) is 4.57 Å². The van der Waals surface area contributed by atoms with E-state index >= 15 is 0 Å². The molecule has 0 saturated carbocycles. The van der Waals surface area contributed by atoms with E-state index in [2.05, 4.69) is 10.2 Å². The fourth-order valence-corrected chi connectivity index (χ4v) is 2.15. The number of aliphatic carboxylic acids is 1. The molecule has 8 nitrogen and oxygen atoms in total. The Bertz CT molecular complexity index is 446. The minimum atomic E-state index is -0.833. The number of esters is 1. The van der Waals surface area contributed by atoms with Crippen molar-refractivity contribution >= 4 is 23.7 Å². The molecule has 0 saturated heterocycles. The molecule has 0 radical (unpaired) electrons. The smallest absolute Gasteiger partial charge is 0.319 e. The molecule has 0 aliphatic rings. The highest BCUT2D eigenvalue weighted by Gasteiger charge is 2.21. The van der Waals surface area contributed by atoms with Crippen LogP contribution in [0.15, 0.2) is 5.16 Å². The third-order valence-corrected chi connectivity index (χ3v) is 3.57. The first-order chi connectivity index (χ1) is 9.37. The number of thioether (sulfide) groups is 1. The van der Waals surface area contributed by atoms with Gasteiger partial charge in [0.05, 0.1) is 13.7 Å². The summed E-state index contributed by atoms with van der Waals surface area (Å²) >= 11 is 1.34. The number of carbonyl (C=O) groups excluding carboxylic acids is 1. The Balaban J connectivity index is 0.000000796. The SMILES string of the molecule is CC(=O)O.CCC(Sc1nnc(CN)n1C)C(=O)OC. The van der Waals surface area contributed by atoms with Gasteiger partial charge in [0.25, 0.3) is 5.97 Å². The summed E-state index contributed by atoms with van der Waals surface area (Å²) in [5.41, 5.74) is 5.49. The normalized spacial score (nSPS) is 11.2. The number of nitrogens with two attached hydrogens (primary N) is 1. The summed E-state index contributed by atoms with van der Waals surface area (Å²) in [6.45, 7) is 3.34. The summed E-state index contributed by atoms with van der Waals surface area (Å²) in [6.07, 6.45) is 0.683. The van der Waals surface area contributed by atoms with Crippen LogP contribution in [-0.4, -0.2) is 44.2 Å². The molecule has 0 spiro atoms. The lowest BCUT2D eigenvalue weighted by Gasteiger charge is -2.10. The first-order valence-electron chi connectivity index (χ1n) is 5.89. The number of nitrogens with zero attached hydrogens (tertiary/aromatic N) is 3. The average Bonchev–Trinajstić information content (AvgIpc) is 2.75. The summed E-state index contributed by atoms with van der Waals surface area (Å²) in [5, 5.41) is 15.7. The van der Waals surface area contributed by atoms with Crippen LogP contribution in [0.1, 0.15) is 26.1 Å². The standard InChI is InChI=1S/C9H16N4O2S.C2H4O2/c1-4-6(8(14)15-3)16-9-12-11-7(5-10)13(9)2;1-2(3)4/h6H,4-5,10H2,1-3H3;1H3,(H,3,4). The monoisotopic (exact) mass is 304 g/mol. The van der Waals surface area contributed by atoms with Crippen molar-refractivity contribution in [3.8, 4) is 0 Å². The van der Waals surface area contributed by atoms with Gasteiger partial charge in [-0.15, -0.1) is 10.2 Å². The second kappa shape index (κ2) is 9.32. The molecule has 1 rings (SSSR count). The van der Waals surface area contributed by atoms with Gasteiger partial charge in [0.2, 0.25) is 0 Å². The maximum atomic E-state index is 11.4. The molecule has 3 N–H and O–H groups in total. The summed E-state index contributed by atoms with van der Waals surface area (Å²) in [7, 11) is 3.21. The van der Waals surface area contributed by atoms with Gasteiger partial charge in [0, 0.05) is 14.0 Å². The summed E-state index contributed by atoms with van der Waals surface area (Å²) < 4.78 is 6.49. The van der Waals surface area contributed by atoms with Gasteiger partial charge in [-0.2, -0.15) is 0 Å². The van der Waals surface area contributed by atoms with Crippen LogP contribution in [0.2, 0.25) is 0 Å². The second-order valence-corrected chi connectivity index (χ2v) is 4.89. The molecule has 0 aromatic carbocycles. The Morgan fingerprint density at radius 1 is 1.50 bits per heavy atom. The first kappa shape index (κ1) is 18.4. The largest absolute Gasteiger partial charge is 0.481 e. The van der Waals surface area contributed by atoms with Gasteiger partial charge < -0.3 is 20.1 Å². The van der Waals surface area contributed by atoms with Crippen molar-refractivity contribution in [2.24, 2.45) is 12.8 Å². The van der Waals surface area contributed by atoms with Crippen molar-refractivity contribution in [3.05, 3.63) is 5.82 Å². The van der Waals surface area contributed by atoms with Crippen LogP contribution in [0, 0.1) is 0 Å². The quantitative estimate of drug-likeness (QED) is 0.592. The molecule has 1 unspecified atom stereocenters. The lowest BCUT2D eigenvalue weighted by atomic mass is 10.3. The van der Waals surface area contributed by atoms with Crippen LogP contribution in [0.4, 0.5) is 0 Å². The molecule has 0 bridgehead atoms. The highest BCUT2D eigenvalue weighted by molar-refractivity contribution is 8.00. The minimum absolute atomic E-state index is 0.246. The number of hydrogen-bond donors (Lipinski definition) is 2. The van der Waals surface area contributed by atoms with Crippen molar-refractivity contribution in [3.63, 3.8) is 0 Å². The Kier molecular flexibility index (Phi) is 8.57. The zero-order chi connectivity index (χ0) is 15.7. The number of rotatable bonds is 5. The molecule has 1 atom stereocenters. The number of carbonyl (C=O) groups is 2. The van der Waals surface area contributed by atoms with E-state index in [0.29, 0.717) is 23.9 Å². The van der Waals surface area contributed by atoms with Crippen molar-refractivity contribution in [1.82, 2.24) is 14.8 Å². The van der Waals surface area contributed by atoms with E-state index < -0.39 is 5.97 Å². The van der Waals surface area contributed by atoms with Gasteiger partial charge in [-0.1, -0.05) is 18.7 Å². The van der Waals surface area contributed by atoms with E-state index in [1.807, 2.05) is 14.0 Å². The van der Waals surface area contributed by atoms with Crippen molar-refractivity contribution in [2.75, 3.05) is 7.11 Å². The van der Waals surface area contributed by atoms with E-state index in [9.17, 15) is 4.79 Å². The number of hydrogen-bond acceptors (Lipinski definition) is 7. The predicted molar refractivity (Wildman–Crippen MR) is 74.2 cm³/mol. The molecular formula is C11H20N4O4S. The first-order valence-corrected chi connectivity index (χ1v) is 6.77. The van der Waals surface area contributed by atoms with Gasteiger partial charge in [0.1, 0.15) is 11.1 Å². The van der Waals surface area contributed by atoms with Crippen molar-refractivity contribution in [1.29, 1.82) is 0 Å². The van der Waals surface area contributed by atoms with Crippen molar-refractivity contribution < 1.29 is 19.4 Å². The highest BCUT2D eigenvalue weighted by Crippen LogP contribution is 2.24. The van der Waals surface area contributed by atoms with Crippen LogP contribution < -0.4 is 5.73 Å². The molecule has 1 heterocycles. The third-order valence-electron chi connectivity index (χ3n) is 2.19. The lowest BCUT2D eigenvalue weighted by Crippen LogP contribution is -2.18. The topological polar surface area (TPSA) is 120 Å². The fraction of sp³-hybridized carbons (Fsp3) is 0.636. The molecule has 9 heteroatoms. The van der Waals surface area contributed by atoms with Crippen LogP contribution >= 0.6 is 11.8 Å². The molecular weight excluding hydrogens is 284 g/mol. The third kappa shape index (κ3) is 6.02. The van der Waals surface area contributed by atoms with E-state index in [0.717, 1.165) is 6.92 Å². The zero-order valence-corrected chi connectivity index (χ0v) is 12.8. The maximum Gasteiger partial charge on any atom is 0.319 e. The number of carboxylic acid groups (broad SMARTS) is 1. The van der Waals surface area contributed by atoms with Gasteiger partial charge in [-0.05, 0) is 6.42 Å². The Morgan fingerprint density at radius 3 is 2.40 bits per heavy atom. The average molecular weight is 304 g/mol. The number of carboxylic acids is 1. The van der Waals surface area contributed by atoms with Crippen molar-refractivity contribution in [2.45, 2.75) is 37.2 Å². The van der Waals surface area contributed by atoms with E-state index in [4.69, 9.17) is 20.4 Å². The molecule has 0 aliphatic carbocycles. The molecule has 1 aromatic heterocycles.